The zero-order valence-electron chi connectivity index (χ0n) is 10.0. The Morgan fingerprint density at radius 2 is 2.06 bits per heavy atom. The van der Waals surface area contributed by atoms with Crippen LogP contribution < -0.4 is 0 Å². The molecular weight excluding hydrogens is 266 g/mol. The van der Waals surface area contributed by atoms with E-state index < -0.39 is 11.0 Å². The van der Waals surface area contributed by atoms with Gasteiger partial charge in [0.1, 0.15) is 4.75 Å². The van der Waals surface area contributed by atoms with Gasteiger partial charge in [-0.1, -0.05) is 54.3 Å². The Kier molecular flexibility index (Phi) is 5.76. The Bertz CT molecular complexity index is 442. The summed E-state index contributed by atoms with van der Waals surface area (Å²) in [5.41, 5.74) is 0.906. The lowest BCUT2D eigenvalue weighted by atomic mass is 10.1. The van der Waals surface area contributed by atoms with Crippen molar-refractivity contribution in [2.45, 2.75) is 30.8 Å². The van der Waals surface area contributed by atoms with E-state index in [1.165, 1.54) is 11.8 Å². The van der Waals surface area contributed by atoms with Gasteiger partial charge in [-0.25, -0.2) is 0 Å². The lowest BCUT2D eigenvalue weighted by molar-refractivity contribution is -0.0469. The Hall–Kier alpha value is -0.930. The second kappa shape index (κ2) is 6.86. The van der Waals surface area contributed by atoms with Crippen LogP contribution in [0.3, 0.4) is 0 Å². The van der Waals surface area contributed by atoms with Crippen molar-refractivity contribution in [1.29, 1.82) is 5.26 Å². The molecule has 0 saturated heterocycles. The summed E-state index contributed by atoms with van der Waals surface area (Å²) in [6.45, 7) is 1.76. The third kappa shape index (κ3) is 4.75. The maximum atomic E-state index is 9.20. The van der Waals surface area contributed by atoms with E-state index in [0.717, 1.165) is 5.56 Å². The monoisotopic (exact) mass is 281 g/mol. The molecule has 0 aliphatic heterocycles. The van der Waals surface area contributed by atoms with Gasteiger partial charge in [-0.05, 0) is 18.9 Å². The van der Waals surface area contributed by atoms with Gasteiger partial charge in [0, 0.05) is 6.42 Å². The fraction of sp³-hybridized carbons (Fsp3) is 0.385. The predicted molar refractivity (Wildman–Crippen MR) is 77.2 cm³/mol. The third-order valence-electron chi connectivity index (χ3n) is 2.44. The Labute approximate surface area is 116 Å². The summed E-state index contributed by atoms with van der Waals surface area (Å²) < 4.78 is -0.0940. The Morgan fingerprint density at radius 1 is 1.44 bits per heavy atom. The van der Waals surface area contributed by atoms with E-state index >= 15 is 0 Å². The molecule has 0 fully saturated rings. The highest BCUT2D eigenvalue weighted by Crippen LogP contribution is 2.33. The largest absolute Gasteiger partial charge is 0.368 e. The van der Waals surface area contributed by atoms with E-state index in [1.54, 1.807) is 6.92 Å². The first-order valence-corrected chi connectivity index (χ1v) is 6.75. The van der Waals surface area contributed by atoms with Gasteiger partial charge < -0.3 is 10.2 Å². The molecule has 0 amide bonds. The Morgan fingerprint density at radius 3 is 2.56 bits per heavy atom. The van der Waals surface area contributed by atoms with E-state index in [2.05, 4.69) is 6.07 Å². The molecule has 0 radical (unpaired) electrons. The topological polar surface area (TPSA) is 64.2 Å². The number of thioether (sulfide) groups is 1. The first-order chi connectivity index (χ1) is 8.47. The molecule has 96 valence electrons. The summed E-state index contributed by atoms with van der Waals surface area (Å²) in [4.78, 5) is 0. The minimum absolute atomic E-state index is 0.161. The maximum Gasteiger partial charge on any atom is 0.151 e. The van der Waals surface area contributed by atoms with Crippen LogP contribution in [-0.2, 0) is 0 Å². The molecule has 0 aromatic heterocycles. The zero-order valence-corrected chi connectivity index (χ0v) is 11.7. The molecule has 0 heterocycles. The van der Waals surface area contributed by atoms with Gasteiger partial charge in [0.05, 0.1) is 10.3 Å². The van der Waals surface area contributed by atoms with Crippen molar-refractivity contribution < 1.29 is 10.2 Å². The highest BCUT2D eigenvalue weighted by molar-refractivity contribution is 8.24. The van der Waals surface area contributed by atoms with Gasteiger partial charge in [0.15, 0.2) is 6.29 Å². The summed E-state index contributed by atoms with van der Waals surface area (Å²) in [5, 5.41) is 26.9. The molecule has 0 spiro atoms. The van der Waals surface area contributed by atoms with Gasteiger partial charge in [-0.3, -0.25) is 0 Å². The number of aliphatic hydroxyl groups excluding tert-OH is 1. The van der Waals surface area contributed by atoms with E-state index in [4.69, 9.17) is 22.4 Å². The highest BCUT2D eigenvalue weighted by atomic mass is 32.2. The molecular formula is C13H15NO2S2. The number of nitrogens with zero attached hydrogens (tertiary/aromatic N) is 1. The molecule has 3 nitrogen and oxygen atoms in total. The van der Waals surface area contributed by atoms with Crippen molar-refractivity contribution in [1.82, 2.24) is 0 Å². The quantitative estimate of drug-likeness (QED) is 0.641. The fourth-order valence-electron chi connectivity index (χ4n) is 1.37. The van der Waals surface area contributed by atoms with Crippen LogP contribution in [0, 0.1) is 11.3 Å². The summed E-state index contributed by atoms with van der Waals surface area (Å²) >= 11 is 6.59. The van der Waals surface area contributed by atoms with Crippen LogP contribution in [0.25, 0.3) is 0 Å². The molecule has 18 heavy (non-hydrogen) atoms. The van der Waals surface area contributed by atoms with Crippen LogP contribution in [0.4, 0.5) is 0 Å². The number of hydrogen-bond donors (Lipinski definition) is 2. The van der Waals surface area contributed by atoms with Gasteiger partial charge in [-0.15, -0.1) is 0 Å². The van der Waals surface area contributed by atoms with E-state index in [-0.39, 0.29) is 6.42 Å². The van der Waals surface area contributed by atoms with Crippen molar-refractivity contribution >= 4 is 28.2 Å². The van der Waals surface area contributed by atoms with E-state index in [1.807, 2.05) is 30.3 Å². The maximum absolute atomic E-state index is 9.20. The van der Waals surface area contributed by atoms with Gasteiger partial charge >= 0.3 is 0 Å². The molecule has 1 unspecified atom stereocenters. The molecule has 0 saturated carbocycles. The van der Waals surface area contributed by atoms with E-state index in [9.17, 15) is 5.26 Å². The molecule has 1 aromatic rings. The average molecular weight is 281 g/mol. The molecule has 2 N–H and O–H groups in total. The average Bonchev–Trinajstić information content (AvgIpc) is 2.37. The number of hydrogen-bond acceptors (Lipinski definition) is 5. The number of nitriles is 1. The fourth-order valence-corrected chi connectivity index (χ4v) is 2.99. The first-order valence-electron chi connectivity index (χ1n) is 5.52. The molecule has 1 atom stereocenters. The normalized spacial score (nSPS) is 13.9. The van der Waals surface area contributed by atoms with Gasteiger partial charge in [0.2, 0.25) is 0 Å². The number of benzene rings is 1. The molecule has 5 heteroatoms. The van der Waals surface area contributed by atoms with Crippen LogP contribution in [0.2, 0.25) is 0 Å². The minimum atomic E-state index is -1.39. The number of rotatable bonds is 5. The standard InChI is InChI=1S/C13H15NO2S2/c1-13(9-14,8-7-11(15)16)18-12(17)10-5-3-2-4-6-10/h2-6,11,15-16H,7-8H2,1H3. The van der Waals surface area contributed by atoms with Crippen molar-refractivity contribution in [3.63, 3.8) is 0 Å². The van der Waals surface area contributed by atoms with Crippen molar-refractivity contribution in [2.24, 2.45) is 0 Å². The van der Waals surface area contributed by atoms with Crippen molar-refractivity contribution in [3.05, 3.63) is 35.9 Å². The SMILES string of the molecule is CC(C#N)(CCC(O)O)SC(=S)c1ccccc1. The lowest BCUT2D eigenvalue weighted by Gasteiger charge is -2.21. The molecule has 1 aromatic carbocycles. The molecule has 0 bridgehead atoms. The lowest BCUT2D eigenvalue weighted by Crippen LogP contribution is -2.22. The van der Waals surface area contributed by atoms with Gasteiger partial charge in [0.25, 0.3) is 0 Å². The van der Waals surface area contributed by atoms with E-state index in [0.29, 0.717) is 10.6 Å². The summed E-state index contributed by atoms with van der Waals surface area (Å²) in [6.07, 6.45) is -0.851. The Balaban J connectivity index is 2.69. The second-order valence-corrected chi connectivity index (χ2v) is 6.30. The predicted octanol–water partition coefficient (Wildman–Crippen LogP) is 2.47. The minimum Gasteiger partial charge on any atom is -0.368 e. The van der Waals surface area contributed by atoms with Gasteiger partial charge in [-0.2, -0.15) is 5.26 Å². The molecule has 0 aliphatic carbocycles. The number of thiocarbonyl (C=S) groups is 1. The van der Waals surface area contributed by atoms with Crippen LogP contribution >= 0.6 is 24.0 Å². The molecule has 1 rings (SSSR count). The smallest absolute Gasteiger partial charge is 0.151 e. The number of aliphatic hydroxyl groups is 2. The van der Waals surface area contributed by atoms with Crippen LogP contribution in [-0.4, -0.2) is 25.4 Å². The van der Waals surface area contributed by atoms with Crippen molar-refractivity contribution in [3.8, 4) is 6.07 Å². The van der Waals surface area contributed by atoms with Crippen LogP contribution in [0.5, 0.6) is 0 Å². The summed E-state index contributed by atoms with van der Waals surface area (Å²) in [6, 6.07) is 11.7. The third-order valence-corrected chi connectivity index (χ3v) is 4.10. The van der Waals surface area contributed by atoms with Crippen LogP contribution in [0.15, 0.2) is 30.3 Å². The summed E-state index contributed by atoms with van der Waals surface area (Å²) in [5.74, 6) is 0. The van der Waals surface area contributed by atoms with Crippen molar-refractivity contribution in [2.75, 3.05) is 0 Å². The first kappa shape index (κ1) is 15.1. The zero-order chi connectivity index (χ0) is 13.6. The van der Waals surface area contributed by atoms with Crippen LogP contribution in [0.1, 0.15) is 25.3 Å². The summed E-state index contributed by atoms with van der Waals surface area (Å²) in [7, 11) is 0. The second-order valence-electron chi connectivity index (χ2n) is 4.12. The highest BCUT2D eigenvalue weighted by Gasteiger charge is 2.27. The molecule has 0 aliphatic rings.